The number of halogens is 1. The molecule has 0 N–H and O–H groups in total. The summed E-state index contributed by atoms with van der Waals surface area (Å²) in [6.45, 7) is 0. The number of sulfonamides is 1. The maximum atomic E-state index is 12.5. The molecule has 0 aromatic heterocycles. The molecule has 0 radical (unpaired) electrons. The lowest BCUT2D eigenvalue weighted by molar-refractivity contribution is 0.104. The van der Waals surface area contributed by atoms with Crippen LogP contribution in [0, 0.1) is 0 Å². The highest BCUT2D eigenvalue weighted by Gasteiger charge is 2.24. The molecule has 0 heterocycles. The number of allylic oxidation sites excluding steroid dienone is 2. The molecule has 0 amide bonds. The second kappa shape index (κ2) is 6.33. The predicted octanol–water partition coefficient (Wildman–Crippen LogP) is 3.35. The zero-order valence-electron chi connectivity index (χ0n) is 12.6. The molecule has 7 heteroatoms. The lowest BCUT2D eigenvalue weighted by Gasteiger charge is -2.14. The SMILES string of the molecule is COc1ccc(S(=O)(=O)N=C2C=C(Br)C(=O)c3ccccc32)cc1. The first kappa shape index (κ1) is 16.6. The maximum absolute atomic E-state index is 12.5. The van der Waals surface area contributed by atoms with Gasteiger partial charge < -0.3 is 4.74 Å². The van der Waals surface area contributed by atoms with Crippen LogP contribution in [0.5, 0.6) is 5.75 Å². The van der Waals surface area contributed by atoms with Crippen LogP contribution < -0.4 is 4.74 Å². The molecule has 24 heavy (non-hydrogen) atoms. The van der Waals surface area contributed by atoms with Crippen molar-refractivity contribution in [3.8, 4) is 5.75 Å². The molecule has 5 nitrogen and oxygen atoms in total. The molecule has 0 fully saturated rings. The second-order valence-electron chi connectivity index (χ2n) is 4.99. The van der Waals surface area contributed by atoms with E-state index in [0.717, 1.165) is 0 Å². The molecule has 0 atom stereocenters. The number of hydrogen-bond acceptors (Lipinski definition) is 4. The number of ether oxygens (including phenoxy) is 1. The standard InChI is InChI=1S/C17H12BrNO4S/c1-23-11-6-8-12(9-7-11)24(21,22)19-16-10-15(18)17(20)14-5-3-2-4-13(14)16/h2-10H,1H3. The van der Waals surface area contributed by atoms with E-state index >= 15 is 0 Å². The number of nitrogens with zero attached hydrogens (tertiary/aromatic N) is 1. The third-order valence-electron chi connectivity index (χ3n) is 3.50. The minimum absolute atomic E-state index is 0.0507. The monoisotopic (exact) mass is 405 g/mol. The molecule has 0 spiro atoms. The van der Waals surface area contributed by atoms with Gasteiger partial charge in [-0.2, -0.15) is 12.8 Å². The first-order valence-corrected chi connectivity index (χ1v) is 9.16. The Labute approximate surface area is 147 Å². The van der Waals surface area contributed by atoms with E-state index in [1.165, 1.54) is 25.3 Å². The van der Waals surface area contributed by atoms with E-state index in [1.54, 1.807) is 36.4 Å². The Bertz CT molecular complexity index is 976. The first-order chi connectivity index (χ1) is 11.4. The van der Waals surface area contributed by atoms with Gasteiger partial charge in [0.05, 0.1) is 22.2 Å². The van der Waals surface area contributed by atoms with Crippen molar-refractivity contribution >= 4 is 37.4 Å². The molecule has 1 aliphatic rings. The number of Topliss-reactive ketones (excluding diaryl/α,β-unsaturated/α-hetero) is 1. The Morgan fingerprint density at radius 1 is 1.00 bits per heavy atom. The Balaban J connectivity index is 2.10. The average Bonchev–Trinajstić information content (AvgIpc) is 2.59. The van der Waals surface area contributed by atoms with Crippen molar-refractivity contribution in [1.29, 1.82) is 0 Å². The van der Waals surface area contributed by atoms with Crippen LogP contribution in [0.15, 0.2) is 68.4 Å². The molecular formula is C17H12BrNO4S. The summed E-state index contributed by atoms with van der Waals surface area (Å²) in [5, 5.41) is 0. The Kier molecular flexibility index (Phi) is 4.38. The van der Waals surface area contributed by atoms with Crippen molar-refractivity contribution in [1.82, 2.24) is 0 Å². The highest BCUT2D eigenvalue weighted by molar-refractivity contribution is 9.12. The van der Waals surface area contributed by atoms with E-state index < -0.39 is 10.0 Å². The van der Waals surface area contributed by atoms with Crippen LogP contribution in [0.1, 0.15) is 15.9 Å². The van der Waals surface area contributed by atoms with Crippen LogP contribution in [0.25, 0.3) is 0 Å². The van der Waals surface area contributed by atoms with E-state index in [9.17, 15) is 13.2 Å². The molecular weight excluding hydrogens is 394 g/mol. The van der Waals surface area contributed by atoms with Crippen molar-refractivity contribution in [3.05, 3.63) is 70.2 Å². The number of rotatable bonds is 3. The van der Waals surface area contributed by atoms with Gasteiger partial charge in [-0.1, -0.05) is 24.3 Å². The molecule has 0 saturated heterocycles. The van der Waals surface area contributed by atoms with Crippen molar-refractivity contribution in [2.24, 2.45) is 4.40 Å². The third kappa shape index (κ3) is 3.05. The zero-order chi connectivity index (χ0) is 17.3. The van der Waals surface area contributed by atoms with Crippen molar-refractivity contribution in [2.75, 3.05) is 7.11 Å². The minimum Gasteiger partial charge on any atom is -0.497 e. The Morgan fingerprint density at radius 2 is 1.62 bits per heavy atom. The van der Waals surface area contributed by atoms with Gasteiger partial charge in [-0.25, -0.2) is 0 Å². The van der Waals surface area contributed by atoms with Gasteiger partial charge in [0.2, 0.25) is 5.78 Å². The van der Waals surface area contributed by atoms with Crippen LogP contribution in [0.4, 0.5) is 0 Å². The smallest absolute Gasteiger partial charge is 0.282 e. The maximum Gasteiger partial charge on any atom is 0.282 e. The van der Waals surface area contributed by atoms with E-state index in [4.69, 9.17) is 4.74 Å². The fourth-order valence-electron chi connectivity index (χ4n) is 2.30. The molecule has 1 aliphatic carbocycles. The molecule has 0 bridgehead atoms. The quantitative estimate of drug-likeness (QED) is 0.784. The summed E-state index contributed by atoms with van der Waals surface area (Å²) in [4.78, 5) is 12.2. The topological polar surface area (TPSA) is 72.8 Å². The van der Waals surface area contributed by atoms with Gasteiger partial charge in [0, 0.05) is 11.1 Å². The van der Waals surface area contributed by atoms with Gasteiger partial charge in [-0.05, 0) is 46.3 Å². The van der Waals surface area contributed by atoms with Crippen molar-refractivity contribution in [2.45, 2.75) is 4.90 Å². The van der Waals surface area contributed by atoms with Crippen LogP contribution in [0.3, 0.4) is 0 Å². The van der Waals surface area contributed by atoms with Gasteiger partial charge in [0.1, 0.15) is 5.75 Å². The van der Waals surface area contributed by atoms with Gasteiger partial charge >= 0.3 is 0 Å². The third-order valence-corrected chi connectivity index (χ3v) is 5.40. The number of ketones is 1. The number of methoxy groups -OCH3 is 1. The number of carbonyl (C=O) groups is 1. The summed E-state index contributed by atoms with van der Waals surface area (Å²) in [6.07, 6.45) is 1.42. The molecule has 2 aromatic carbocycles. The fraction of sp³-hybridized carbons (Fsp3) is 0.0588. The number of carbonyl (C=O) groups excluding carboxylic acids is 1. The molecule has 122 valence electrons. The number of fused-ring (bicyclic) bond motifs is 1. The molecule has 2 aromatic rings. The minimum atomic E-state index is -3.91. The Morgan fingerprint density at radius 3 is 2.25 bits per heavy atom. The first-order valence-electron chi connectivity index (χ1n) is 6.93. The lowest BCUT2D eigenvalue weighted by atomic mass is 9.94. The van der Waals surface area contributed by atoms with Gasteiger partial charge in [0.25, 0.3) is 10.0 Å². The van der Waals surface area contributed by atoms with Crippen LogP contribution in [0.2, 0.25) is 0 Å². The highest BCUT2D eigenvalue weighted by atomic mass is 79.9. The van der Waals surface area contributed by atoms with E-state index in [-0.39, 0.29) is 20.9 Å². The summed E-state index contributed by atoms with van der Waals surface area (Å²) < 4.78 is 34.3. The summed E-state index contributed by atoms with van der Waals surface area (Å²) in [7, 11) is -2.41. The van der Waals surface area contributed by atoms with E-state index in [0.29, 0.717) is 16.9 Å². The lowest BCUT2D eigenvalue weighted by Crippen LogP contribution is -2.16. The summed E-state index contributed by atoms with van der Waals surface area (Å²) in [5.74, 6) is 0.351. The van der Waals surface area contributed by atoms with Crippen LogP contribution in [-0.4, -0.2) is 27.0 Å². The van der Waals surface area contributed by atoms with Gasteiger partial charge in [0.15, 0.2) is 0 Å². The summed E-state index contributed by atoms with van der Waals surface area (Å²) >= 11 is 3.17. The number of hydrogen-bond donors (Lipinski definition) is 0. The van der Waals surface area contributed by atoms with Crippen LogP contribution >= 0.6 is 15.9 Å². The van der Waals surface area contributed by atoms with Crippen molar-refractivity contribution < 1.29 is 17.9 Å². The molecule has 3 rings (SSSR count). The number of benzene rings is 2. The van der Waals surface area contributed by atoms with Gasteiger partial charge in [-0.3, -0.25) is 4.79 Å². The van der Waals surface area contributed by atoms with Gasteiger partial charge in [-0.15, -0.1) is 0 Å². The second-order valence-corrected chi connectivity index (χ2v) is 7.45. The molecule has 0 saturated carbocycles. The Hall–Kier alpha value is -2.25. The average molecular weight is 406 g/mol. The normalized spacial score (nSPS) is 15.8. The summed E-state index contributed by atoms with van der Waals surface area (Å²) in [6, 6.07) is 12.7. The van der Waals surface area contributed by atoms with Crippen LogP contribution in [-0.2, 0) is 10.0 Å². The van der Waals surface area contributed by atoms with Crippen molar-refractivity contribution in [3.63, 3.8) is 0 Å². The van der Waals surface area contributed by atoms with E-state index in [1.807, 2.05) is 0 Å². The predicted molar refractivity (Wildman–Crippen MR) is 94.5 cm³/mol. The highest BCUT2D eigenvalue weighted by Crippen LogP contribution is 2.26. The molecule has 0 aliphatic heterocycles. The fourth-order valence-corrected chi connectivity index (χ4v) is 3.73. The zero-order valence-corrected chi connectivity index (χ0v) is 15.0. The van der Waals surface area contributed by atoms with E-state index in [2.05, 4.69) is 20.3 Å². The molecule has 0 unspecified atom stereocenters. The largest absolute Gasteiger partial charge is 0.497 e. The summed E-state index contributed by atoms with van der Waals surface area (Å²) in [5.41, 5.74) is 1.12.